The standard InChI is InChI=1S/C23H42F4N2O3/c1-22(2,3)15-28-10-11-30-19(13-28)18(32-21(26)27)12-23(4,5)16-29-9-7-6-8-17(29)14-31-20(24)25/h17-21H,6-16H2,1-5H3. The third-order valence-electron chi connectivity index (χ3n) is 6.12. The third-order valence-corrected chi connectivity index (χ3v) is 6.12. The summed E-state index contributed by atoms with van der Waals surface area (Å²) in [7, 11) is 0. The van der Waals surface area contributed by atoms with Gasteiger partial charge in [-0.15, -0.1) is 0 Å². The molecule has 0 spiro atoms. The average Bonchev–Trinajstić information content (AvgIpc) is 2.64. The molecule has 0 aromatic rings. The molecule has 2 aliphatic heterocycles. The number of alkyl halides is 4. The molecular weight excluding hydrogens is 428 g/mol. The van der Waals surface area contributed by atoms with Crippen molar-refractivity contribution in [2.24, 2.45) is 10.8 Å². The molecule has 2 heterocycles. The predicted octanol–water partition coefficient (Wildman–Crippen LogP) is 4.85. The van der Waals surface area contributed by atoms with E-state index in [1.165, 1.54) is 0 Å². The zero-order valence-corrected chi connectivity index (χ0v) is 20.3. The molecule has 190 valence electrons. The molecule has 2 fully saturated rings. The lowest BCUT2D eigenvalue weighted by Gasteiger charge is -2.44. The molecule has 9 heteroatoms. The number of hydrogen-bond acceptors (Lipinski definition) is 5. The number of rotatable bonds is 11. The maximum atomic E-state index is 13.3. The summed E-state index contributed by atoms with van der Waals surface area (Å²) in [5, 5.41) is 0. The van der Waals surface area contributed by atoms with Gasteiger partial charge in [-0.25, -0.2) is 0 Å². The second kappa shape index (κ2) is 12.3. The average molecular weight is 471 g/mol. The minimum atomic E-state index is -2.88. The Labute approximate surface area is 190 Å². The van der Waals surface area contributed by atoms with Crippen LogP contribution < -0.4 is 0 Å². The topological polar surface area (TPSA) is 34.2 Å². The van der Waals surface area contributed by atoms with E-state index in [1.807, 2.05) is 13.8 Å². The Bertz CT molecular complexity index is 546. The minimum Gasteiger partial charge on any atom is -0.373 e. The van der Waals surface area contributed by atoms with Crippen molar-refractivity contribution < 1.29 is 31.8 Å². The van der Waals surface area contributed by atoms with Crippen molar-refractivity contribution in [2.75, 3.05) is 45.9 Å². The van der Waals surface area contributed by atoms with Crippen molar-refractivity contribution in [3.05, 3.63) is 0 Å². The van der Waals surface area contributed by atoms with Gasteiger partial charge in [0.05, 0.1) is 25.4 Å². The molecule has 0 radical (unpaired) electrons. The van der Waals surface area contributed by atoms with E-state index < -0.39 is 25.4 Å². The summed E-state index contributed by atoms with van der Waals surface area (Å²) in [6.07, 6.45) is 1.99. The van der Waals surface area contributed by atoms with Crippen LogP contribution in [0.1, 0.15) is 60.3 Å². The fraction of sp³-hybridized carbons (Fsp3) is 1.00. The van der Waals surface area contributed by atoms with Crippen molar-refractivity contribution in [3.8, 4) is 0 Å². The van der Waals surface area contributed by atoms with E-state index >= 15 is 0 Å². The molecule has 2 rings (SSSR count). The molecule has 0 N–H and O–H groups in total. The molecule has 0 saturated carbocycles. The second-order valence-corrected chi connectivity index (χ2v) is 11.2. The molecule has 3 unspecified atom stereocenters. The van der Waals surface area contributed by atoms with Crippen LogP contribution in [0.15, 0.2) is 0 Å². The van der Waals surface area contributed by atoms with Gasteiger partial charge in [-0.2, -0.15) is 17.6 Å². The van der Waals surface area contributed by atoms with E-state index in [0.29, 0.717) is 26.1 Å². The van der Waals surface area contributed by atoms with Crippen LogP contribution in [-0.2, 0) is 14.2 Å². The SMILES string of the molecule is CC(C)(C)CN1CCOC(C(CC(C)(C)CN2CCCCC2COC(F)F)OC(F)F)C1. The summed E-state index contributed by atoms with van der Waals surface area (Å²) in [6, 6.07) is -0.0836. The maximum Gasteiger partial charge on any atom is 0.345 e. The molecule has 2 aliphatic rings. The van der Waals surface area contributed by atoms with Crippen molar-refractivity contribution in [3.63, 3.8) is 0 Å². The van der Waals surface area contributed by atoms with Crippen LogP contribution >= 0.6 is 0 Å². The quantitative estimate of drug-likeness (QED) is 0.403. The first kappa shape index (κ1) is 27.8. The van der Waals surface area contributed by atoms with Crippen LogP contribution in [0, 0.1) is 10.8 Å². The Balaban J connectivity index is 2.02. The van der Waals surface area contributed by atoms with Crippen molar-refractivity contribution in [2.45, 2.75) is 91.8 Å². The largest absolute Gasteiger partial charge is 0.373 e. The first-order chi connectivity index (χ1) is 14.8. The van der Waals surface area contributed by atoms with Gasteiger partial charge in [0.2, 0.25) is 0 Å². The highest BCUT2D eigenvalue weighted by atomic mass is 19.3. The smallest absolute Gasteiger partial charge is 0.345 e. The van der Waals surface area contributed by atoms with Crippen LogP contribution in [0.25, 0.3) is 0 Å². The first-order valence-electron chi connectivity index (χ1n) is 11.8. The maximum absolute atomic E-state index is 13.3. The lowest BCUT2D eigenvalue weighted by atomic mass is 9.83. The number of nitrogens with zero attached hydrogens (tertiary/aromatic N) is 2. The zero-order chi connectivity index (χ0) is 23.9. The summed E-state index contributed by atoms with van der Waals surface area (Å²) in [5.74, 6) is 0. The second-order valence-electron chi connectivity index (χ2n) is 11.2. The molecular formula is C23H42F4N2O3. The summed E-state index contributed by atoms with van der Waals surface area (Å²) in [4.78, 5) is 4.42. The van der Waals surface area contributed by atoms with Gasteiger partial charge in [0, 0.05) is 32.2 Å². The summed E-state index contributed by atoms with van der Waals surface area (Å²) in [6.45, 7) is 8.90. The minimum absolute atomic E-state index is 0.0157. The monoisotopic (exact) mass is 470 g/mol. The Kier molecular flexibility index (Phi) is 10.7. The lowest BCUT2D eigenvalue weighted by molar-refractivity contribution is -0.214. The van der Waals surface area contributed by atoms with Crippen molar-refractivity contribution in [1.29, 1.82) is 0 Å². The molecule has 0 bridgehead atoms. The van der Waals surface area contributed by atoms with E-state index in [2.05, 4.69) is 35.3 Å². The molecule has 3 atom stereocenters. The fourth-order valence-corrected chi connectivity index (χ4v) is 4.97. The van der Waals surface area contributed by atoms with E-state index in [9.17, 15) is 17.6 Å². The number of piperidine rings is 1. The fourth-order valence-electron chi connectivity index (χ4n) is 4.97. The molecule has 5 nitrogen and oxygen atoms in total. The van der Waals surface area contributed by atoms with Gasteiger partial charge >= 0.3 is 13.2 Å². The van der Waals surface area contributed by atoms with Gasteiger partial charge in [0.25, 0.3) is 0 Å². The van der Waals surface area contributed by atoms with Gasteiger partial charge < -0.3 is 14.2 Å². The normalized spacial score (nSPS) is 25.6. The van der Waals surface area contributed by atoms with Crippen LogP contribution in [0.2, 0.25) is 0 Å². The first-order valence-corrected chi connectivity index (χ1v) is 11.8. The Morgan fingerprint density at radius 1 is 0.969 bits per heavy atom. The summed E-state index contributed by atoms with van der Waals surface area (Å²) >= 11 is 0. The highest BCUT2D eigenvalue weighted by Gasteiger charge is 2.38. The van der Waals surface area contributed by atoms with E-state index in [0.717, 1.165) is 38.9 Å². The van der Waals surface area contributed by atoms with Crippen LogP contribution in [0.3, 0.4) is 0 Å². The van der Waals surface area contributed by atoms with E-state index in [-0.39, 0.29) is 23.5 Å². The van der Waals surface area contributed by atoms with Crippen molar-refractivity contribution >= 4 is 0 Å². The van der Waals surface area contributed by atoms with Crippen LogP contribution in [-0.4, -0.2) is 87.2 Å². The molecule has 0 amide bonds. The van der Waals surface area contributed by atoms with E-state index in [4.69, 9.17) is 9.47 Å². The molecule has 0 aromatic carbocycles. The number of halogens is 4. The molecule has 32 heavy (non-hydrogen) atoms. The zero-order valence-electron chi connectivity index (χ0n) is 20.3. The highest BCUT2D eigenvalue weighted by molar-refractivity contribution is 4.88. The summed E-state index contributed by atoms with van der Waals surface area (Å²) < 4.78 is 67.2. The molecule has 0 aromatic heterocycles. The lowest BCUT2D eigenvalue weighted by Crippen LogP contribution is -2.53. The highest BCUT2D eigenvalue weighted by Crippen LogP contribution is 2.32. The molecule has 2 saturated heterocycles. The summed E-state index contributed by atoms with van der Waals surface area (Å²) in [5.41, 5.74) is -0.264. The third kappa shape index (κ3) is 10.2. The van der Waals surface area contributed by atoms with Gasteiger partial charge in [0.1, 0.15) is 0 Å². The van der Waals surface area contributed by atoms with Gasteiger partial charge in [-0.1, -0.05) is 41.0 Å². The van der Waals surface area contributed by atoms with Crippen LogP contribution in [0.5, 0.6) is 0 Å². The number of ether oxygens (including phenoxy) is 3. The van der Waals surface area contributed by atoms with Crippen LogP contribution in [0.4, 0.5) is 17.6 Å². The van der Waals surface area contributed by atoms with Gasteiger partial charge in [0.15, 0.2) is 0 Å². The molecule has 0 aliphatic carbocycles. The van der Waals surface area contributed by atoms with E-state index in [1.54, 1.807) is 0 Å². The number of hydrogen-bond donors (Lipinski definition) is 0. The van der Waals surface area contributed by atoms with Gasteiger partial charge in [-0.05, 0) is 36.6 Å². The van der Waals surface area contributed by atoms with Gasteiger partial charge in [-0.3, -0.25) is 9.80 Å². The Morgan fingerprint density at radius 3 is 2.31 bits per heavy atom. The number of likely N-dealkylation sites (tertiary alicyclic amines) is 1. The Morgan fingerprint density at radius 2 is 1.69 bits per heavy atom. The number of morpholine rings is 1. The predicted molar refractivity (Wildman–Crippen MR) is 116 cm³/mol. The van der Waals surface area contributed by atoms with Crippen molar-refractivity contribution in [1.82, 2.24) is 9.80 Å². The Hall–Kier alpha value is -0.480.